The highest BCUT2D eigenvalue weighted by molar-refractivity contribution is 5.94. The van der Waals surface area contributed by atoms with Gasteiger partial charge in [0.25, 0.3) is 5.91 Å². The van der Waals surface area contributed by atoms with Crippen LogP contribution in [0.3, 0.4) is 0 Å². The number of hydrogen-bond acceptors (Lipinski definition) is 2. The molecule has 2 N–H and O–H groups in total. The third-order valence-corrected chi connectivity index (χ3v) is 2.82. The summed E-state index contributed by atoms with van der Waals surface area (Å²) in [6, 6.07) is 4.61. The Balaban J connectivity index is 2.05. The van der Waals surface area contributed by atoms with Crippen LogP contribution in [-0.2, 0) is 0 Å². The molecular formula is C12H15FN2O. The van der Waals surface area contributed by atoms with Crippen LogP contribution in [0, 0.1) is 12.7 Å². The predicted molar refractivity (Wildman–Crippen MR) is 59.9 cm³/mol. The summed E-state index contributed by atoms with van der Waals surface area (Å²) >= 11 is 0. The summed E-state index contributed by atoms with van der Waals surface area (Å²) in [5, 5.41) is 6.09. The third kappa shape index (κ3) is 2.39. The van der Waals surface area contributed by atoms with Crippen molar-refractivity contribution < 1.29 is 9.18 Å². The first kappa shape index (κ1) is 11.1. The maximum absolute atomic E-state index is 13.0. The van der Waals surface area contributed by atoms with Gasteiger partial charge in [-0.05, 0) is 43.7 Å². The quantitative estimate of drug-likeness (QED) is 0.790. The topological polar surface area (TPSA) is 41.1 Å². The zero-order chi connectivity index (χ0) is 11.5. The second-order valence-corrected chi connectivity index (χ2v) is 4.13. The number of carbonyl (C=O) groups is 1. The molecule has 0 radical (unpaired) electrons. The van der Waals surface area contributed by atoms with Gasteiger partial charge < -0.3 is 10.6 Å². The maximum Gasteiger partial charge on any atom is 0.251 e. The first-order valence-corrected chi connectivity index (χ1v) is 5.44. The summed E-state index contributed by atoms with van der Waals surface area (Å²) < 4.78 is 13.0. The number of halogens is 1. The molecule has 1 amide bonds. The van der Waals surface area contributed by atoms with E-state index in [9.17, 15) is 9.18 Å². The molecule has 16 heavy (non-hydrogen) atoms. The fourth-order valence-corrected chi connectivity index (χ4v) is 1.83. The van der Waals surface area contributed by atoms with E-state index in [-0.39, 0.29) is 17.8 Å². The minimum absolute atomic E-state index is 0.128. The SMILES string of the molecule is Cc1cc(C(=O)N[C@@H]2CCNC2)ccc1F. The molecule has 1 aliphatic rings. The van der Waals surface area contributed by atoms with Gasteiger partial charge in [0.1, 0.15) is 5.82 Å². The van der Waals surface area contributed by atoms with Gasteiger partial charge in [-0.3, -0.25) is 4.79 Å². The van der Waals surface area contributed by atoms with Crippen molar-refractivity contribution in [1.29, 1.82) is 0 Å². The van der Waals surface area contributed by atoms with Crippen LogP contribution in [-0.4, -0.2) is 25.0 Å². The molecule has 86 valence electrons. The Morgan fingerprint density at radius 2 is 2.38 bits per heavy atom. The highest BCUT2D eigenvalue weighted by Gasteiger charge is 2.17. The molecule has 1 heterocycles. The lowest BCUT2D eigenvalue weighted by atomic mass is 10.1. The van der Waals surface area contributed by atoms with Crippen molar-refractivity contribution in [2.24, 2.45) is 0 Å². The van der Waals surface area contributed by atoms with Crippen molar-refractivity contribution in [3.8, 4) is 0 Å². The molecule has 2 rings (SSSR count). The Bertz CT molecular complexity index is 400. The molecule has 1 aromatic carbocycles. The number of benzene rings is 1. The molecule has 0 spiro atoms. The molecule has 0 bridgehead atoms. The van der Waals surface area contributed by atoms with Gasteiger partial charge in [0.2, 0.25) is 0 Å². The third-order valence-electron chi connectivity index (χ3n) is 2.82. The number of aryl methyl sites for hydroxylation is 1. The number of carbonyl (C=O) groups excluding carboxylic acids is 1. The predicted octanol–water partition coefficient (Wildman–Crippen LogP) is 1.23. The second kappa shape index (κ2) is 4.61. The van der Waals surface area contributed by atoms with Crippen LogP contribution < -0.4 is 10.6 Å². The molecule has 0 saturated carbocycles. The van der Waals surface area contributed by atoms with Crippen LogP contribution in [0.25, 0.3) is 0 Å². The summed E-state index contributed by atoms with van der Waals surface area (Å²) in [4.78, 5) is 11.8. The van der Waals surface area contributed by atoms with Crippen molar-refractivity contribution in [1.82, 2.24) is 10.6 Å². The van der Waals surface area contributed by atoms with Crippen LogP contribution in [0.15, 0.2) is 18.2 Å². The second-order valence-electron chi connectivity index (χ2n) is 4.13. The zero-order valence-corrected chi connectivity index (χ0v) is 9.22. The van der Waals surface area contributed by atoms with E-state index in [1.807, 2.05) is 0 Å². The van der Waals surface area contributed by atoms with Crippen LogP contribution in [0.2, 0.25) is 0 Å². The zero-order valence-electron chi connectivity index (χ0n) is 9.22. The van der Waals surface area contributed by atoms with Crippen molar-refractivity contribution in [2.45, 2.75) is 19.4 Å². The number of amides is 1. The Labute approximate surface area is 94.0 Å². The van der Waals surface area contributed by atoms with Crippen molar-refractivity contribution in [3.05, 3.63) is 35.1 Å². The largest absolute Gasteiger partial charge is 0.348 e. The van der Waals surface area contributed by atoms with Crippen LogP contribution in [0.5, 0.6) is 0 Å². The number of rotatable bonds is 2. The first-order chi connectivity index (χ1) is 7.66. The lowest BCUT2D eigenvalue weighted by Crippen LogP contribution is -2.36. The first-order valence-electron chi connectivity index (χ1n) is 5.44. The number of hydrogen-bond donors (Lipinski definition) is 2. The molecule has 3 nitrogen and oxygen atoms in total. The fraction of sp³-hybridized carbons (Fsp3) is 0.417. The molecule has 1 aromatic rings. The van der Waals surface area contributed by atoms with Gasteiger partial charge in [-0.2, -0.15) is 0 Å². The molecule has 0 aliphatic carbocycles. The molecule has 1 atom stereocenters. The molecule has 1 fully saturated rings. The van der Waals surface area contributed by atoms with E-state index in [0.717, 1.165) is 19.5 Å². The summed E-state index contributed by atoms with van der Waals surface area (Å²) in [5.74, 6) is -0.407. The minimum Gasteiger partial charge on any atom is -0.348 e. The molecule has 0 aromatic heterocycles. The van der Waals surface area contributed by atoms with E-state index < -0.39 is 0 Å². The highest BCUT2D eigenvalue weighted by atomic mass is 19.1. The van der Waals surface area contributed by atoms with Crippen molar-refractivity contribution >= 4 is 5.91 Å². The summed E-state index contributed by atoms with van der Waals surface area (Å²) in [5.41, 5.74) is 1.02. The summed E-state index contributed by atoms with van der Waals surface area (Å²) in [6.07, 6.45) is 0.950. The summed E-state index contributed by atoms with van der Waals surface area (Å²) in [6.45, 7) is 3.41. The molecular weight excluding hydrogens is 207 g/mol. The Hall–Kier alpha value is -1.42. The van der Waals surface area contributed by atoms with Gasteiger partial charge in [-0.25, -0.2) is 4.39 Å². The van der Waals surface area contributed by atoms with Gasteiger partial charge in [0.05, 0.1) is 0 Å². The Kier molecular flexibility index (Phi) is 3.19. The van der Waals surface area contributed by atoms with Crippen LogP contribution in [0.4, 0.5) is 4.39 Å². The number of nitrogens with one attached hydrogen (secondary N) is 2. The molecule has 4 heteroatoms. The minimum atomic E-state index is -0.279. The maximum atomic E-state index is 13.0. The van der Waals surface area contributed by atoms with Gasteiger partial charge in [0, 0.05) is 18.2 Å². The lowest BCUT2D eigenvalue weighted by molar-refractivity contribution is 0.0940. The van der Waals surface area contributed by atoms with Gasteiger partial charge in [-0.15, -0.1) is 0 Å². The van der Waals surface area contributed by atoms with Gasteiger partial charge in [-0.1, -0.05) is 0 Å². The van der Waals surface area contributed by atoms with Crippen molar-refractivity contribution in [3.63, 3.8) is 0 Å². The molecule has 0 unspecified atom stereocenters. The van der Waals surface area contributed by atoms with E-state index in [1.165, 1.54) is 12.1 Å². The molecule has 1 aliphatic heterocycles. The van der Waals surface area contributed by atoms with E-state index in [2.05, 4.69) is 10.6 Å². The Morgan fingerprint density at radius 1 is 1.56 bits per heavy atom. The van der Waals surface area contributed by atoms with Crippen molar-refractivity contribution in [2.75, 3.05) is 13.1 Å². The monoisotopic (exact) mass is 222 g/mol. The van der Waals surface area contributed by atoms with E-state index in [1.54, 1.807) is 13.0 Å². The van der Waals surface area contributed by atoms with E-state index in [0.29, 0.717) is 11.1 Å². The van der Waals surface area contributed by atoms with E-state index >= 15 is 0 Å². The average Bonchev–Trinajstić information content (AvgIpc) is 2.74. The van der Waals surface area contributed by atoms with Gasteiger partial charge in [0.15, 0.2) is 0 Å². The Morgan fingerprint density at radius 3 is 3.00 bits per heavy atom. The fourth-order valence-electron chi connectivity index (χ4n) is 1.83. The lowest BCUT2D eigenvalue weighted by Gasteiger charge is -2.11. The molecule has 1 saturated heterocycles. The summed E-state index contributed by atoms with van der Waals surface area (Å²) in [7, 11) is 0. The highest BCUT2D eigenvalue weighted by Crippen LogP contribution is 2.09. The standard InChI is InChI=1S/C12H15FN2O/c1-8-6-9(2-3-11(8)13)12(16)15-10-4-5-14-7-10/h2-3,6,10,14H,4-5,7H2,1H3,(H,15,16)/t10-/m1/s1. The van der Waals surface area contributed by atoms with Crippen LogP contribution >= 0.6 is 0 Å². The van der Waals surface area contributed by atoms with Crippen LogP contribution in [0.1, 0.15) is 22.3 Å². The average molecular weight is 222 g/mol. The van der Waals surface area contributed by atoms with Gasteiger partial charge >= 0.3 is 0 Å². The normalized spacial score (nSPS) is 19.8. The smallest absolute Gasteiger partial charge is 0.251 e. The van der Waals surface area contributed by atoms with E-state index in [4.69, 9.17) is 0 Å².